The number of nitro benzene ring substituents is 1. The summed E-state index contributed by atoms with van der Waals surface area (Å²) in [7, 11) is 1.62. The van der Waals surface area contributed by atoms with E-state index < -0.39 is 4.92 Å². The van der Waals surface area contributed by atoms with Gasteiger partial charge in [0, 0.05) is 17.7 Å². The van der Waals surface area contributed by atoms with Gasteiger partial charge in [0.2, 0.25) is 0 Å². The van der Waals surface area contributed by atoms with Crippen molar-refractivity contribution in [3.05, 3.63) is 75.6 Å². The number of fused-ring (bicyclic) bond motifs is 1. The van der Waals surface area contributed by atoms with Crippen LogP contribution in [-0.4, -0.2) is 31.8 Å². The molecule has 0 saturated carbocycles. The van der Waals surface area contributed by atoms with Gasteiger partial charge in [0.15, 0.2) is 11.0 Å². The molecule has 140 valence electrons. The summed E-state index contributed by atoms with van der Waals surface area (Å²) < 4.78 is 6.89. The van der Waals surface area contributed by atoms with Crippen LogP contribution in [0.15, 0.2) is 54.7 Å². The minimum atomic E-state index is -0.462. The van der Waals surface area contributed by atoms with Crippen molar-refractivity contribution in [2.24, 2.45) is 0 Å². The molecule has 0 N–H and O–H groups in total. The van der Waals surface area contributed by atoms with Gasteiger partial charge in [0.25, 0.3) is 5.69 Å². The lowest BCUT2D eigenvalue weighted by Gasteiger charge is -2.03. The molecule has 2 aromatic carbocycles. The minimum Gasteiger partial charge on any atom is -0.497 e. The molecule has 0 radical (unpaired) electrons. The fourth-order valence-electron chi connectivity index (χ4n) is 2.81. The molecule has 28 heavy (non-hydrogen) atoms. The van der Waals surface area contributed by atoms with Crippen LogP contribution in [-0.2, 0) is 6.54 Å². The van der Waals surface area contributed by atoms with Crippen LogP contribution in [0.25, 0.3) is 22.4 Å². The second kappa shape index (κ2) is 7.24. The largest absolute Gasteiger partial charge is 0.497 e. The lowest BCUT2D eigenvalue weighted by molar-refractivity contribution is -0.384. The molecule has 0 fully saturated rings. The highest BCUT2D eigenvalue weighted by atomic mass is 35.5. The Balaban J connectivity index is 1.69. The molecule has 0 atom stereocenters. The first-order valence-corrected chi connectivity index (χ1v) is 8.70. The number of methoxy groups -OCH3 is 1. The van der Waals surface area contributed by atoms with Crippen LogP contribution in [0.1, 0.15) is 5.56 Å². The number of nitrogens with zero attached hydrogens (tertiary/aromatic N) is 5. The van der Waals surface area contributed by atoms with E-state index in [1.807, 2.05) is 24.3 Å². The molecule has 0 bridgehead atoms. The summed E-state index contributed by atoms with van der Waals surface area (Å²) in [6, 6.07) is 13.8. The van der Waals surface area contributed by atoms with Crippen LogP contribution < -0.4 is 4.74 Å². The van der Waals surface area contributed by atoms with Crippen LogP contribution in [0.4, 0.5) is 5.69 Å². The molecule has 0 aliphatic carbocycles. The summed E-state index contributed by atoms with van der Waals surface area (Å²) in [5.74, 6) is 1.09. The van der Waals surface area contributed by atoms with Crippen LogP contribution in [0.3, 0.4) is 0 Å². The van der Waals surface area contributed by atoms with Crippen molar-refractivity contribution in [1.29, 1.82) is 0 Å². The van der Waals surface area contributed by atoms with Crippen molar-refractivity contribution in [2.75, 3.05) is 7.11 Å². The third kappa shape index (κ3) is 3.49. The molecule has 0 amide bonds. The zero-order valence-corrected chi connectivity index (χ0v) is 15.5. The Morgan fingerprint density at radius 2 is 1.96 bits per heavy atom. The van der Waals surface area contributed by atoms with E-state index in [0.29, 0.717) is 29.0 Å². The lowest BCUT2D eigenvalue weighted by Crippen LogP contribution is -1.99. The number of nitro groups is 1. The van der Waals surface area contributed by atoms with Gasteiger partial charge in [-0.2, -0.15) is 5.10 Å². The van der Waals surface area contributed by atoms with E-state index in [1.165, 1.54) is 12.1 Å². The molecule has 8 nitrogen and oxygen atoms in total. The minimum absolute atomic E-state index is 0.0347. The maximum atomic E-state index is 11.0. The van der Waals surface area contributed by atoms with E-state index in [1.54, 1.807) is 30.1 Å². The van der Waals surface area contributed by atoms with Crippen LogP contribution >= 0.6 is 11.6 Å². The van der Waals surface area contributed by atoms with E-state index in [-0.39, 0.29) is 10.8 Å². The molecule has 0 saturated heterocycles. The lowest BCUT2D eigenvalue weighted by atomic mass is 10.2. The Hall–Kier alpha value is -3.52. The Morgan fingerprint density at radius 3 is 2.68 bits per heavy atom. The quantitative estimate of drug-likeness (QED) is 0.286. The van der Waals surface area contributed by atoms with Gasteiger partial charge in [-0.15, -0.1) is 0 Å². The highest BCUT2D eigenvalue weighted by molar-refractivity contribution is 6.33. The predicted octanol–water partition coefficient (Wildman–Crippen LogP) is 4.11. The monoisotopic (exact) mass is 395 g/mol. The summed E-state index contributed by atoms with van der Waals surface area (Å²) in [4.78, 5) is 19.3. The number of halogens is 1. The van der Waals surface area contributed by atoms with Crippen LogP contribution in [0.5, 0.6) is 5.75 Å². The van der Waals surface area contributed by atoms with Crippen LogP contribution in [0, 0.1) is 10.1 Å². The average Bonchev–Trinajstić information content (AvgIpc) is 3.11. The molecule has 4 rings (SSSR count). The Labute approximate surface area is 164 Å². The topological polar surface area (TPSA) is 96.0 Å². The molecule has 9 heteroatoms. The fourth-order valence-corrected chi connectivity index (χ4v) is 3.03. The van der Waals surface area contributed by atoms with Crippen molar-refractivity contribution >= 4 is 28.3 Å². The number of benzene rings is 2. The average molecular weight is 396 g/mol. The molecule has 2 aromatic heterocycles. The molecular weight excluding hydrogens is 382 g/mol. The number of hydrogen-bond donors (Lipinski definition) is 0. The van der Waals surface area contributed by atoms with E-state index in [2.05, 4.69) is 15.1 Å². The van der Waals surface area contributed by atoms with Gasteiger partial charge in [-0.3, -0.25) is 14.8 Å². The van der Waals surface area contributed by atoms with E-state index in [9.17, 15) is 10.1 Å². The van der Waals surface area contributed by atoms with Gasteiger partial charge in [0.05, 0.1) is 24.8 Å². The zero-order chi connectivity index (χ0) is 19.7. The fraction of sp³-hybridized carbons (Fsp3) is 0.105. The second-order valence-corrected chi connectivity index (χ2v) is 6.41. The third-order valence-corrected chi connectivity index (χ3v) is 4.45. The first kappa shape index (κ1) is 17.9. The van der Waals surface area contributed by atoms with Gasteiger partial charge >= 0.3 is 0 Å². The maximum absolute atomic E-state index is 11.0. The van der Waals surface area contributed by atoms with E-state index >= 15 is 0 Å². The summed E-state index contributed by atoms with van der Waals surface area (Å²) in [5.41, 5.74) is 2.56. The van der Waals surface area contributed by atoms with Crippen molar-refractivity contribution in [3.8, 4) is 17.1 Å². The van der Waals surface area contributed by atoms with Gasteiger partial charge in [-0.05, 0) is 17.7 Å². The first-order valence-electron chi connectivity index (χ1n) is 8.32. The van der Waals surface area contributed by atoms with Crippen LogP contribution in [0.2, 0.25) is 5.15 Å². The van der Waals surface area contributed by atoms with Crippen molar-refractivity contribution < 1.29 is 9.66 Å². The molecule has 0 spiro atoms. The van der Waals surface area contributed by atoms with Gasteiger partial charge in [-0.25, -0.2) is 9.97 Å². The molecule has 0 unspecified atom stereocenters. The third-order valence-electron chi connectivity index (χ3n) is 4.19. The number of hydrogen-bond acceptors (Lipinski definition) is 6. The Bertz CT molecular complexity index is 1170. The van der Waals surface area contributed by atoms with E-state index in [0.717, 1.165) is 11.3 Å². The molecule has 0 aliphatic rings. The van der Waals surface area contributed by atoms with Crippen molar-refractivity contribution in [3.63, 3.8) is 0 Å². The summed E-state index contributed by atoms with van der Waals surface area (Å²) in [6.45, 7) is 0.531. The molecule has 0 aliphatic heterocycles. The molecule has 4 aromatic rings. The second-order valence-electron chi connectivity index (χ2n) is 6.05. The number of rotatable bonds is 5. The van der Waals surface area contributed by atoms with Gasteiger partial charge in [-0.1, -0.05) is 35.9 Å². The molecule has 2 heterocycles. The first-order chi connectivity index (χ1) is 13.5. The Kier molecular flexibility index (Phi) is 4.62. The SMILES string of the molecule is COc1ccc(Cn2cc3nc(-c4cccc([N+](=O)[O-])c4)nc(Cl)c3n2)cc1. The maximum Gasteiger partial charge on any atom is 0.270 e. The number of non-ortho nitro benzene ring substituents is 1. The van der Waals surface area contributed by atoms with Gasteiger partial charge < -0.3 is 4.74 Å². The highest BCUT2D eigenvalue weighted by Gasteiger charge is 2.14. The smallest absolute Gasteiger partial charge is 0.270 e. The molecular formula is C19H14ClN5O3. The highest BCUT2D eigenvalue weighted by Crippen LogP contribution is 2.26. The summed E-state index contributed by atoms with van der Waals surface area (Å²) in [5, 5.41) is 15.6. The van der Waals surface area contributed by atoms with E-state index in [4.69, 9.17) is 16.3 Å². The normalized spacial score (nSPS) is 10.9. The predicted molar refractivity (Wildman–Crippen MR) is 105 cm³/mol. The zero-order valence-electron chi connectivity index (χ0n) is 14.7. The Morgan fingerprint density at radius 1 is 1.18 bits per heavy atom. The standard InChI is InChI=1S/C19H14ClN5O3/c1-28-15-7-5-12(6-8-15)10-24-11-16-17(23-24)18(20)22-19(21-16)13-3-2-4-14(9-13)25(26)27/h2-9,11H,10H2,1H3. The summed E-state index contributed by atoms with van der Waals surface area (Å²) in [6.07, 6.45) is 1.77. The van der Waals surface area contributed by atoms with Gasteiger partial charge in [0.1, 0.15) is 16.8 Å². The summed E-state index contributed by atoms with van der Waals surface area (Å²) >= 11 is 6.29. The number of aromatic nitrogens is 4. The number of ether oxygens (including phenoxy) is 1. The van der Waals surface area contributed by atoms with Crippen molar-refractivity contribution in [1.82, 2.24) is 19.7 Å². The van der Waals surface area contributed by atoms with Crippen molar-refractivity contribution in [2.45, 2.75) is 6.54 Å².